The van der Waals surface area contributed by atoms with E-state index in [2.05, 4.69) is 54.3 Å². The Morgan fingerprint density at radius 3 is 2.37 bits per heavy atom. The summed E-state index contributed by atoms with van der Waals surface area (Å²) in [6, 6.07) is 11.8. The third-order valence-electron chi connectivity index (χ3n) is 8.99. The molecule has 5 aliphatic rings. The number of nitrogens with two attached hydrogens (primary N) is 1. The lowest BCUT2D eigenvalue weighted by atomic mass is 9.40. The van der Waals surface area contributed by atoms with Crippen LogP contribution in [0.25, 0.3) is 0 Å². The Labute approximate surface area is 186 Å². The summed E-state index contributed by atoms with van der Waals surface area (Å²) in [6.45, 7) is 2.28. The molecule has 30 heavy (non-hydrogen) atoms. The molecular weight excluding hydrogens is 388 g/mol. The first-order chi connectivity index (χ1) is 14.5. The first-order valence-electron chi connectivity index (χ1n) is 12.2. The number of thioether (sulfide) groups is 1. The summed E-state index contributed by atoms with van der Waals surface area (Å²) < 4.78 is 0. The molecule has 1 aromatic rings. The van der Waals surface area contributed by atoms with Crippen molar-refractivity contribution >= 4 is 17.7 Å². The van der Waals surface area contributed by atoms with Crippen molar-refractivity contribution < 1.29 is 4.79 Å². The lowest BCUT2D eigenvalue weighted by molar-refractivity contribution is -0.156. The van der Waals surface area contributed by atoms with Gasteiger partial charge in [0, 0.05) is 12.1 Å². The van der Waals surface area contributed by atoms with Gasteiger partial charge in [0.05, 0.1) is 5.41 Å². The van der Waals surface area contributed by atoms with E-state index >= 15 is 0 Å². The Bertz CT molecular complexity index is 742. The zero-order valence-corrected chi connectivity index (χ0v) is 19.3. The smallest absolute Gasteiger partial charge is 0.226 e. The Hall–Kier alpha value is -1.00. The van der Waals surface area contributed by atoms with E-state index in [-0.39, 0.29) is 10.8 Å². The van der Waals surface area contributed by atoms with Crippen LogP contribution in [0.15, 0.2) is 30.3 Å². The van der Waals surface area contributed by atoms with Crippen molar-refractivity contribution in [3.63, 3.8) is 0 Å². The maximum absolute atomic E-state index is 13.8. The zero-order chi connectivity index (χ0) is 20.8. The third-order valence-corrected chi connectivity index (χ3v) is 10.0. The molecule has 3 N–H and O–H groups in total. The second-order valence-corrected chi connectivity index (χ2v) is 12.2. The van der Waals surface area contributed by atoms with Gasteiger partial charge in [-0.25, -0.2) is 0 Å². The molecule has 4 heteroatoms. The van der Waals surface area contributed by atoms with Gasteiger partial charge in [-0.1, -0.05) is 37.3 Å². The van der Waals surface area contributed by atoms with Gasteiger partial charge in [-0.3, -0.25) is 4.79 Å². The van der Waals surface area contributed by atoms with Crippen molar-refractivity contribution in [1.29, 1.82) is 0 Å². The minimum absolute atomic E-state index is 0.144. The van der Waals surface area contributed by atoms with Crippen LogP contribution in [0.2, 0.25) is 0 Å². The highest BCUT2D eigenvalue weighted by molar-refractivity contribution is 7.99. The molecule has 0 saturated heterocycles. The van der Waals surface area contributed by atoms with Gasteiger partial charge in [0.1, 0.15) is 0 Å². The number of carbonyl (C=O) groups is 1. The lowest BCUT2D eigenvalue weighted by Crippen LogP contribution is -2.63. The van der Waals surface area contributed by atoms with Crippen LogP contribution in [0.4, 0.5) is 0 Å². The standard InChI is InChI=1S/C26H38N2OS/c1-2-30-16-23-18-12-25(20-6-4-3-5-7-20)13-19(23)15-26(14-18,17-25)24(29)28-22-10-8-21(27)9-11-22/h3-7,18-19,21-23H,2,8-17,27H2,1H3,(H,28,29). The minimum Gasteiger partial charge on any atom is -0.353 e. The van der Waals surface area contributed by atoms with E-state index < -0.39 is 0 Å². The Kier molecular flexibility index (Phi) is 5.68. The maximum Gasteiger partial charge on any atom is 0.226 e. The van der Waals surface area contributed by atoms with Crippen molar-refractivity contribution in [3.8, 4) is 0 Å². The normalized spacial score (nSPS) is 42.3. The summed E-state index contributed by atoms with van der Waals surface area (Å²) in [5.74, 6) is 5.08. The number of carbonyl (C=O) groups excluding carboxylic acids is 1. The first kappa shape index (κ1) is 20.9. The predicted molar refractivity (Wildman–Crippen MR) is 125 cm³/mol. The number of hydrogen-bond acceptors (Lipinski definition) is 3. The summed E-state index contributed by atoms with van der Waals surface area (Å²) in [5.41, 5.74) is 7.65. The fourth-order valence-corrected chi connectivity index (χ4v) is 8.82. The molecule has 0 heterocycles. The number of rotatable bonds is 6. The van der Waals surface area contributed by atoms with E-state index in [0.29, 0.717) is 29.8 Å². The van der Waals surface area contributed by atoms with Crippen LogP contribution in [0.3, 0.4) is 0 Å². The topological polar surface area (TPSA) is 55.1 Å². The second kappa shape index (κ2) is 8.16. The van der Waals surface area contributed by atoms with E-state index in [1.54, 1.807) is 0 Å². The Morgan fingerprint density at radius 2 is 1.73 bits per heavy atom. The molecule has 2 atom stereocenters. The molecule has 5 aliphatic carbocycles. The highest BCUT2D eigenvalue weighted by atomic mass is 32.2. The summed E-state index contributed by atoms with van der Waals surface area (Å²) in [6.07, 6.45) is 10.1. The van der Waals surface area contributed by atoms with Crippen LogP contribution in [0.5, 0.6) is 0 Å². The van der Waals surface area contributed by atoms with E-state index in [9.17, 15) is 4.79 Å². The fourth-order valence-electron chi connectivity index (χ4n) is 7.77. The molecule has 1 aromatic carbocycles. The molecule has 0 aromatic heterocycles. The molecule has 2 unspecified atom stereocenters. The highest BCUT2D eigenvalue weighted by Gasteiger charge is 2.63. The molecule has 0 aliphatic heterocycles. The van der Waals surface area contributed by atoms with Crippen LogP contribution in [-0.4, -0.2) is 29.5 Å². The van der Waals surface area contributed by atoms with Crippen molar-refractivity contribution in [2.75, 3.05) is 11.5 Å². The molecule has 5 fully saturated rings. The number of hydrogen-bond donors (Lipinski definition) is 2. The summed E-state index contributed by atoms with van der Waals surface area (Å²) in [7, 11) is 0. The minimum atomic E-state index is -0.144. The van der Waals surface area contributed by atoms with E-state index in [1.165, 1.54) is 29.9 Å². The van der Waals surface area contributed by atoms with Crippen molar-refractivity contribution in [2.45, 2.75) is 82.2 Å². The van der Waals surface area contributed by atoms with Gasteiger partial charge in [-0.2, -0.15) is 11.8 Å². The van der Waals surface area contributed by atoms with Gasteiger partial charge in [-0.05, 0) is 98.0 Å². The van der Waals surface area contributed by atoms with Gasteiger partial charge >= 0.3 is 0 Å². The van der Waals surface area contributed by atoms with Gasteiger partial charge in [0.25, 0.3) is 0 Å². The van der Waals surface area contributed by atoms with Gasteiger partial charge < -0.3 is 11.1 Å². The van der Waals surface area contributed by atoms with Crippen LogP contribution < -0.4 is 11.1 Å². The molecule has 5 saturated carbocycles. The Morgan fingerprint density at radius 1 is 1.07 bits per heavy atom. The molecule has 1 amide bonds. The van der Waals surface area contributed by atoms with Gasteiger partial charge in [0.15, 0.2) is 0 Å². The van der Waals surface area contributed by atoms with E-state index in [4.69, 9.17) is 5.73 Å². The van der Waals surface area contributed by atoms with Gasteiger partial charge in [0.2, 0.25) is 5.91 Å². The molecular formula is C26H38N2OS. The Balaban J connectivity index is 1.41. The van der Waals surface area contributed by atoms with Crippen LogP contribution in [0, 0.1) is 23.2 Å². The SMILES string of the molecule is CCSCC1C2CC3(C(=O)NC4CCC(N)CC4)CC1CC(c1ccccc1)(C2)C3. The van der Waals surface area contributed by atoms with Crippen LogP contribution >= 0.6 is 11.8 Å². The highest BCUT2D eigenvalue weighted by Crippen LogP contribution is 2.67. The maximum atomic E-state index is 13.8. The predicted octanol–water partition coefficient (Wildman–Crippen LogP) is 4.89. The van der Waals surface area contributed by atoms with Crippen LogP contribution in [-0.2, 0) is 10.2 Å². The average molecular weight is 427 g/mol. The average Bonchev–Trinajstić information content (AvgIpc) is 2.75. The number of benzene rings is 1. The molecule has 3 nitrogen and oxygen atoms in total. The monoisotopic (exact) mass is 426 g/mol. The van der Waals surface area contributed by atoms with Crippen molar-refractivity contribution in [3.05, 3.63) is 35.9 Å². The summed E-state index contributed by atoms with van der Waals surface area (Å²) >= 11 is 2.11. The molecule has 4 bridgehead atoms. The zero-order valence-electron chi connectivity index (χ0n) is 18.4. The van der Waals surface area contributed by atoms with Crippen molar-refractivity contribution in [2.24, 2.45) is 28.9 Å². The first-order valence-corrected chi connectivity index (χ1v) is 13.4. The van der Waals surface area contributed by atoms with E-state index in [1.807, 2.05) is 0 Å². The third kappa shape index (κ3) is 3.62. The molecule has 0 radical (unpaired) electrons. The summed E-state index contributed by atoms with van der Waals surface area (Å²) in [5, 5.41) is 3.52. The summed E-state index contributed by atoms with van der Waals surface area (Å²) in [4.78, 5) is 13.8. The number of amides is 1. The fraction of sp³-hybridized carbons (Fsp3) is 0.731. The molecule has 164 valence electrons. The molecule has 0 spiro atoms. The van der Waals surface area contributed by atoms with E-state index in [0.717, 1.165) is 50.9 Å². The van der Waals surface area contributed by atoms with Gasteiger partial charge in [-0.15, -0.1) is 0 Å². The van der Waals surface area contributed by atoms with Crippen LogP contribution in [0.1, 0.15) is 70.3 Å². The number of nitrogens with one attached hydrogen (secondary N) is 1. The second-order valence-electron chi connectivity index (χ2n) is 10.8. The quantitative estimate of drug-likeness (QED) is 0.681. The lowest BCUT2D eigenvalue weighted by Gasteiger charge is -2.64. The molecule has 6 rings (SSSR count). The van der Waals surface area contributed by atoms with Crippen molar-refractivity contribution in [1.82, 2.24) is 5.32 Å². The largest absolute Gasteiger partial charge is 0.353 e.